The first-order valence-electron chi connectivity index (χ1n) is 8.66. The Kier molecular flexibility index (Phi) is 4.13. The number of fused-ring (bicyclic) bond motifs is 1. The lowest BCUT2D eigenvalue weighted by atomic mass is 10.1. The van der Waals surface area contributed by atoms with Gasteiger partial charge in [0.1, 0.15) is 18.1 Å². The van der Waals surface area contributed by atoms with Crippen LogP contribution in [0.1, 0.15) is 10.4 Å². The van der Waals surface area contributed by atoms with Gasteiger partial charge in [0.2, 0.25) is 0 Å². The molecule has 0 fully saturated rings. The Hall–Kier alpha value is -3.21. The summed E-state index contributed by atoms with van der Waals surface area (Å²) in [5.41, 5.74) is 4.04. The largest absolute Gasteiger partial charge is 0.378 e. The number of hydrogen-bond donors (Lipinski definition) is 1. The first kappa shape index (κ1) is 16.3. The van der Waals surface area contributed by atoms with Crippen LogP contribution < -0.4 is 14.8 Å². The van der Waals surface area contributed by atoms with E-state index in [9.17, 15) is 4.79 Å². The van der Waals surface area contributed by atoms with Crippen LogP contribution in [0.15, 0.2) is 67.0 Å². The third-order valence-corrected chi connectivity index (χ3v) is 4.66. The lowest BCUT2D eigenvalue weighted by Crippen LogP contribution is -2.43. The van der Waals surface area contributed by atoms with Gasteiger partial charge < -0.3 is 4.90 Å². The quantitative estimate of drug-likeness (QED) is 0.739. The number of nitrogens with one attached hydrogen (secondary N) is 1. The van der Waals surface area contributed by atoms with Crippen molar-refractivity contribution >= 4 is 17.4 Å². The molecule has 0 radical (unpaired) electrons. The lowest BCUT2D eigenvalue weighted by Gasteiger charge is -2.12. The zero-order valence-electron chi connectivity index (χ0n) is 14.9. The summed E-state index contributed by atoms with van der Waals surface area (Å²) in [5, 5.41) is 3.28. The van der Waals surface area contributed by atoms with Gasteiger partial charge in [0.05, 0.1) is 0 Å². The van der Waals surface area contributed by atoms with Gasteiger partial charge in [-0.15, -0.1) is 0 Å². The van der Waals surface area contributed by atoms with Gasteiger partial charge in [0.25, 0.3) is 0 Å². The van der Waals surface area contributed by atoms with Crippen LogP contribution in [-0.2, 0) is 6.42 Å². The minimum absolute atomic E-state index is 0.0532. The zero-order valence-corrected chi connectivity index (χ0v) is 14.9. The maximum atomic E-state index is 12.8. The summed E-state index contributed by atoms with van der Waals surface area (Å²) in [7, 11) is 4.02. The molecule has 0 amide bonds. The van der Waals surface area contributed by atoms with E-state index in [0.29, 0.717) is 6.42 Å². The molecule has 130 valence electrons. The molecule has 1 unspecified atom stereocenters. The second-order valence-corrected chi connectivity index (χ2v) is 6.69. The summed E-state index contributed by atoms with van der Waals surface area (Å²) in [6, 6.07) is 17.9. The summed E-state index contributed by atoms with van der Waals surface area (Å²) >= 11 is 0. The van der Waals surface area contributed by atoms with Crippen molar-refractivity contribution in [2.24, 2.45) is 0 Å². The van der Waals surface area contributed by atoms with E-state index in [1.807, 2.05) is 74.9 Å². The minimum Gasteiger partial charge on any atom is -0.378 e. The summed E-state index contributed by atoms with van der Waals surface area (Å²) in [4.78, 5) is 19.4. The average molecular weight is 345 g/mol. The number of aromatic nitrogens is 2. The molecule has 0 spiro atoms. The Labute approximate surface area is 152 Å². The number of anilines is 2. The minimum atomic E-state index is -0.259. The highest BCUT2D eigenvalue weighted by molar-refractivity contribution is 5.82. The van der Waals surface area contributed by atoms with Crippen molar-refractivity contribution in [1.82, 2.24) is 4.98 Å². The molecule has 5 heteroatoms. The van der Waals surface area contributed by atoms with E-state index in [1.54, 1.807) is 10.8 Å². The Morgan fingerprint density at radius 1 is 1.08 bits per heavy atom. The fourth-order valence-electron chi connectivity index (χ4n) is 3.18. The molecule has 26 heavy (non-hydrogen) atoms. The van der Waals surface area contributed by atoms with Gasteiger partial charge in [-0.3, -0.25) is 5.32 Å². The molecular weight excluding hydrogens is 324 g/mol. The average Bonchev–Trinajstić information content (AvgIpc) is 2.98. The summed E-state index contributed by atoms with van der Waals surface area (Å²) in [6.07, 6.45) is 4.21. The van der Waals surface area contributed by atoms with E-state index in [1.165, 1.54) is 0 Å². The molecule has 1 aromatic heterocycles. The topological polar surface area (TPSA) is 49.1 Å². The third kappa shape index (κ3) is 3.04. The van der Waals surface area contributed by atoms with Crippen molar-refractivity contribution in [3.63, 3.8) is 0 Å². The van der Waals surface area contributed by atoms with Crippen molar-refractivity contribution < 1.29 is 9.36 Å². The van der Waals surface area contributed by atoms with Crippen LogP contribution in [0.4, 0.5) is 11.5 Å². The standard InChI is InChI=1S/C21H20N4O/c1-24(2)17-10-8-16(9-11-17)19-14-25-20(13-22-19)23-18(21(25)26)12-15-6-4-3-5-7-15/h3-11,13-14,18H,12H2,1-2H3/p+1. The maximum Gasteiger partial charge on any atom is 0.359 e. The van der Waals surface area contributed by atoms with Crippen LogP contribution in [0, 0.1) is 0 Å². The maximum absolute atomic E-state index is 12.8. The molecule has 0 saturated heterocycles. The number of carbonyl (C=O) groups excluding carboxylic acids is 1. The number of nitrogens with zero attached hydrogens (tertiary/aromatic N) is 3. The van der Waals surface area contributed by atoms with Crippen molar-refractivity contribution in [3.8, 4) is 11.3 Å². The molecular formula is C21H21N4O+. The van der Waals surface area contributed by atoms with Gasteiger partial charge in [-0.05, 0) is 17.7 Å². The monoisotopic (exact) mass is 345 g/mol. The van der Waals surface area contributed by atoms with Crippen molar-refractivity contribution in [1.29, 1.82) is 0 Å². The molecule has 0 saturated carbocycles. The van der Waals surface area contributed by atoms with Crippen LogP contribution in [0.2, 0.25) is 0 Å². The van der Waals surface area contributed by atoms with Gasteiger partial charge >= 0.3 is 11.7 Å². The second kappa shape index (κ2) is 6.59. The number of benzene rings is 2. The molecule has 1 N–H and O–H groups in total. The molecule has 0 bridgehead atoms. The molecule has 2 heterocycles. The highest BCUT2D eigenvalue weighted by atomic mass is 16.2. The normalized spacial score (nSPS) is 15.5. The SMILES string of the molecule is CN(C)c1ccc(-c2c[n+]3c(cn2)NC(Cc2ccccc2)C3=O)cc1. The van der Waals surface area contributed by atoms with E-state index in [2.05, 4.69) is 15.2 Å². The molecule has 1 aliphatic heterocycles. The van der Waals surface area contributed by atoms with E-state index in [0.717, 1.165) is 28.3 Å². The van der Waals surface area contributed by atoms with Crippen molar-refractivity contribution in [2.45, 2.75) is 12.5 Å². The van der Waals surface area contributed by atoms with Crippen LogP contribution >= 0.6 is 0 Å². The van der Waals surface area contributed by atoms with Crippen LogP contribution in [0.25, 0.3) is 11.3 Å². The van der Waals surface area contributed by atoms with Gasteiger partial charge in [0.15, 0.2) is 6.04 Å². The second-order valence-electron chi connectivity index (χ2n) is 6.69. The smallest absolute Gasteiger partial charge is 0.359 e. The molecule has 0 aliphatic carbocycles. The Morgan fingerprint density at radius 2 is 1.81 bits per heavy atom. The van der Waals surface area contributed by atoms with E-state index in [-0.39, 0.29) is 11.9 Å². The summed E-state index contributed by atoms with van der Waals surface area (Å²) < 4.78 is 1.68. The summed E-state index contributed by atoms with van der Waals surface area (Å²) in [5.74, 6) is 0.794. The predicted octanol–water partition coefficient (Wildman–Crippen LogP) is 2.78. The van der Waals surface area contributed by atoms with Crippen molar-refractivity contribution in [2.75, 3.05) is 24.3 Å². The highest BCUT2D eigenvalue weighted by Gasteiger charge is 2.38. The van der Waals surface area contributed by atoms with E-state index in [4.69, 9.17) is 0 Å². The molecule has 4 rings (SSSR count). The van der Waals surface area contributed by atoms with Gasteiger partial charge in [-0.2, -0.15) is 4.57 Å². The van der Waals surface area contributed by atoms with Crippen LogP contribution in [0.5, 0.6) is 0 Å². The van der Waals surface area contributed by atoms with E-state index < -0.39 is 0 Å². The summed E-state index contributed by atoms with van der Waals surface area (Å²) in [6.45, 7) is 0. The number of rotatable bonds is 4. The van der Waals surface area contributed by atoms with Crippen LogP contribution in [-0.4, -0.2) is 31.0 Å². The zero-order chi connectivity index (χ0) is 18.1. The van der Waals surface area contributed by atoms with Gasteiger partial charge in [0, 0.05) is 31.8 Å². The predicted molar refractivity (Wildman–Crippen MR) is 102 cm³/mol. The van der Waals surface area contributed by atoms with Gasteiger partial charge in [-0.1, -0.05) is 42.5 Å². The molecule has 1 atom stereocenters. The fraction of sp³-hybridized carbons (Fsp3) is 0.190. The molecule has 2 aromatic carbocycles. The van der Waals surface area contributed by atoms with E-state index >= 15 is 0 Å². The molecule has 3 aromatic rings. The fourth-order valence-corrected chi connectivity index (χ4v) is 3.18. The van der Waals surface area contributed by atoms with Crippen LogP contribution in [0.3, 0.4) is 0 Å². The first-order valence-corrected chi connectivity index (χ1v) is 8.66. The third-order valence-electron chi connectivity index (χ3n) is 4.66. The van der Waals surface area contributed by atoms with Gasteiger partial charge in [-0.25, -0.2) is 9.78 Å². The molecule has 1 aliphatic rings. The lowest BCUT2D eigenvalue weighted by molar-refractivity contribution is -0.552. The number of hydrogen-bond acceptors (Lipinski definition) is 4. The highest BCUT2D eigenvalue weighted by Crippen LogP contribution is 2.22. The Morgan fingerprint density at radius 3 is 2.50 bits per heavy atom. The molecule has 5 nitrogen and oxygen atoms in total. The first-order chi connectivity index (χ1) is 12.6. The number of carbonyl (C=O) groups is 1. The van der Waals surface area contributed by atoms with Crippen molar-refractivity contribution in [3.05, 3.63) is 72.6 Å². The Bertz CT molecular complexity index is 936. The Balaban J connectivity index is 1.58.